The van der Waals surface area contributed by atoms with Crippen molar-refractivity contribution in [3.05, 3.63) is 17.6 Å². The van der Waals surface area contributed by atoms with Crippen LogP contribution in [-0.4, -0.2) is 46.2 Å². The maximum atomic E-state index is 12.0. The first-order valence-corrected chi connectivity index (χ1v) is 8.40. The van der Waals surface area contributed by atoms with Crippen molar-refractivity contribution in [2.45, 2.75) is 59.1 Å². The molecule has 0 spiro atoms. The Kier molecular flexibility index (Phi) is 5.93. The summed E-state index contributed by atoms with van der Waals surface area (Å²) in [6.07, 6.45) is 1.40. The van der Waals surface area contributed by atoms with Gasteiger partial charge in [-0.2, -0.15) is 0 Å². The second-order valence-electron chi connectivity index (χ2n) is 6.76. The number of aromatic nitrogens is 2. The predicted octanol–water partition coefficient (Wildman–Crippen LogP) is 1.59. The Labute approximate surface area is 138 Å². The molecule has 1 aromatic rings. The molecule has 6 nitrogen and oxygen atoms in total. The van der Waals surface area contributed by atoms with Crippen LogP contribution in [0, 0.1) is 19.8 Å². The van der Waals surface area contributed by atoms with Gasteiger partial charge in [0.1, 0.15) is 11.6 Å². The van der Waals surface area contributed by atoms with Crippen molar-refractivity contribution in [2.75, 3.05) is 18.0 Å². The van der Waals surface area contributed by atoms with E-state index in [9.17, 15) is 9.90 Å². The molecule has 2 heterocycles. The zero-order chi connectivity index (χ0) is 17.0. The third-order valence-electron chi connectivity index (χ3n) is 4.30. The highest BCUT2D eigenvalue weighted by atomic mass is 16.3. The Morgan fingerprint density at radius 2 is 2.00 bits per heavy atom. The fourth-order valence-electron chi connectivity index (χ4n) is 2.82. The van der Waals surface area contributed by atoms with Crippen molar-refractivity contribution in [3.63, 3.8) is 0 Å². The van der Waals surface area contributed by atoms with Gasteiger partial charge in [0.15, 0.2) is 0 Å². The summed E-state index contributed by atoms with van der Waals surface area (Å²) >= 11 is 0. The van der Waals surface area contributed by atoms with Gasteiger partial charge in [-0.15, -0.1) is 0 Å². The first kappa shape index (κ1) is 17.7. The van der Waals surface area contributed by atoms with Gasteiger partial charge in [0.05, 0.1) is 12.5 Å². The molecular formula is C17H28N4O2. The molecule has 1 fully saturated rings. The van der Waals surface area contributed by atoms with E-state index in [1.165, 1.54) is 0 Å². The molecule has 2 rings (SSSR count). The Hall–Kier alpha value is -1.69. The fraction of sp³-hybridized carbons (Fsp3) is 0.706. The third kappa shape index (κ3) is 5.16. The number of hydrogen-bond acceptors (Lipinski definition) is 5. The van der Waals surface area contributed by atoms with Crippen LogP contribution in [0.25, 0.3) is 0 Å². The number of aliphatic hydroxyl groups excluding tert-OH is 1. The van der Waals surface area contributed by atoms with Crippen molar-refractivity contribution in [1.82, 2.24) is 15.3 Å². The van der Waals surface area contributed by atoms with E-state index in [-0.39, 0.29) is 24.3 Å². The summed E-state index contributed by atoms with van der Waals surface area (Å²) in [5.74, 6) is 1.80. The summed E-state index contributed by atoms with van der Waals surface area (Å²) in [4.78, 5) is 23.0. The van der Waals surface area contributed by atoms with Crippen molar-refractivity contribution in [2.24, 2.45) is 5.92 Å². The number of anilines is 1. The molecule has 0 aliphatic carbocycles. The maximum absolute atomic E-state index is 12.0. The molecule has 6 heteroatoms. The molecule has 0 saturated carbocycles. The van der Waals surface area contributed by atoms with E-state index < -0.39 is 6.10 Å². The second-order valence-corrected chi connectivity index (χ2v) is 6.76. The van der Waals surface area contributed by atoms with Gasteiger partial charge < -0.3 is 15.3 Å². The van der Waals surface area contributed by atoms with Crippen LogP contribution in [0.2, 0.25) is 0 Å². The van der Waals surface area contributed by atoms with E-state index in [4.69, 9.17) is 0 Å². The molecule has 1 saturated heterocycles. The highest BCUT2D eigenvalue weighted by molar-refractivity contribution is 5.76. The highest BCUT2D eigenvalue weighted by Gasteiger charge is 2.23. The van der Waals surface area contributed by atoms with Crippen LogP contribution in [0.4, 0.5) is 5.82 Å². The van der Waals surface area contributed by atoms with Gasteiger partial charge in [0, 0.05) is 30.9 Å². The van der Waals surface area contributed by atoms with Gasteiger partial charge in [-0.25, -0.2) is 9.97 Å². The number of rotatable bonds is 5. The predicted molar refractivity (Wildman–Crippen MR) is 90.3 cm³/mol. The summed E-state index contributed by atoms with van der Waals surface area (Å²) in [7, 11) is 0. The molecule has 128 valence electrons. The molecule has 0 radical (unpaired) electrons. The van der Waals surface area contributed by atoms with Crippen LogP contribution in [0.15, 0.2) is 6.07 Å². The van der Waals surface area contributed by atoms with E-state index in [2.05, 4.69) is 20.2 Å². The lowest BCUT2D eigenvalue weighted by Crippen LogP contribution is -2.45. The normalized spacial score (nSPS) is 17.4. The van der Waals surface area contributed by atoms with Gasteiger partial charge in [-0.05, 0) is 32.6 Å². The Balaban J connectivity index is 1.83. The molecule has 1 aromatic heterocycles. The van der Waals surface area contributed by atoms with E-state index in [1.54, 1.807) is 0 Å². The van der Waals surface area contributed by atoms with Crippen molar-refractivity contribution in [3.8, 4) is 0 Å². The smallest absolute Gasteiger partial charge is 0.222 e. The quantitative estimate of drug-likeness (QED) is 0.861. The number of aliphatic hydroxyl groups is 1. The van der Waals surface area contributed by atoms with Crippen LogP contribution in [0.3, 0.4) is 0 Å². The average Bonchev–Trinajstić information content (AvgIpc) is 2.46. The second kappa shape index (κ2) is 7.73. The van der Waals surface area contributed by atoms with Crippen molar-refractivity contribution in [1.29, 1.82) is 0 Å². The van der Waals surface area contributed by atoms with E-state index in [1.807, 2.05) is 33.8 Å². The van der Waals surface area contributed by atoms with Crippen LogP contribution in [-0.2, 0) is 4.79 Å². The van der Waals surface area contributed by atoms with E-state index in [0.29, 0.717) is 0 Å². The van der Waals surface area contributed by atoms with Gasteiger partial charge >= 0.3 is 0 Å². The molecule has 1 unspecified atom stereocenters. The molecule has 1 atom stereocenters. The Bertz CT molecular complexity index is 519. The summed E-state index contributed by atoms with van der Waals surface area (Å²) in [5.41, 5.74) is 0.977. The SMILES string of the molecule is Cc1cc(N2CCC(NC(=O)CC(O)C(C)C)CC2)nc(C)n1. The summed E-state index contributed by atoms with van der Waals surface area (Å²) in [5, 5.41) is 12.8. The molecule has 1 aliphatic heterocycles. The van der Waals surface area contributed by atoms with Crippen LogP contribution in [0.5, 0.6) is 0 Å². The first-order chi connectivity index (χ1) is 10.8. The van der Waals surface area contributed by atoms with Gasteiger partial charge in [0.25, 0.3) is 0 Å². The zero-order valence-electron chi connectivity index (χ0n) is 14.5. The molecule has 1 amide bonds. The summed E-state index contributed by atoms with van der Waals surface area (Å²) in [6.45, 7) is 9.46. The maximum Gasteiger partial charge on any atom is 0.222 e. The molecule has 23 heavy (non-hydrogen) atoms. The Morgan fingerprint density at radius 3 is 2.57 bits per heavy atom. The summed E-state index contributed by atoms with van der Waals surface area (Å²) < 4.78 is 0. The van der Waals surface area contributed by atoms with Gasteiger partial charge in [-0.3, -0.25) is 4.79 Å². The van der Waals surface area contributed by atoms with Crippen LogP contribution in [0.1, 0.15) is 44.6 Å². The molecule has 1 aliphatic rings. The van der Waals surface area contributed by atoms with E-state index >= 15 is 0 Å². The lowest BCUT2D eigenvalue weighted by atomic mass is 10.0. The lowest BCUT2D eigenvalue weighted by Gasteiger charge is -2.33. The third-order valence-corrected chi connectivity index (χ3v) is 4.30. The minimum atomic E-state index is -0.568. The number of carbonyl (C=O) groups excluding carboxylic acids is 1. The summed E-state index contributed by atoms with van der Waals surface area (Å²) in [6, 6.07) is 2.19. The molecule has 0 aromatic carbocycles. The van der Waals surface area contributed by atoms with Crippen molar-refractivity contribution < 1.29 is 9.90 Å². The number of amides is 1. The van der Waals surface area contributed by atoms with Crippen LogP contribution < -0.4 is 10.2 Å². The average molecular weight is 320 g/mol. The van der Waals surface area contributed by atoms with Gasteiger partial charge in [-0.1, -0.05) is 13.8 Å². The number of piperidine rings is 1. The van der Waals surface area contributed by atoms with Crippen molar-refractivity contribution >= 4 is 11.7 Å². The number of nitrogens with zero attached hydrogens (tertiary/aromatic N) is 3. The number of nitrogens with one attached hydrogen (secondary N) is 1. The topological polar surface area (TPSA) is 78.4 Å². The number of aryl methyl sites for hydroxylation is 2. The van der Waals surface area contributed by atoms with Gasteiger partial charge in [0.2, 0.25) is 5.91 Å². The standard InChI is InChI=1S/C17H28N4O2/c1-11(2)15(22)10-17(23)20-14-5-7-21(8-6-14)16-9-12(3)18-13(4)19-16/h9,11,14-15,22H,5-8,10H2,1-4H3,(H,20,23). The number of hydrogen-bond donors (Lipinski definition) is 2. The highest BCUT2D eigenvalue weighted by Crippen LogP contribution is 2.19. The van der Waals surface area contributed by atoms with E-state index in [0.717, 1.165) is 43.3 Å². The minimum Gasteiger partial charge on any atom is -0.392 e. The number of carbonyl (C=O) groups is 1. The Morgan fingerprint density at radius 1 is 1.35 bits per heavy atom. The van der Waals surface area contributed by atoms with Crippen LogP contribution >= 0.6 is 0 Å². The molecular weight excluding hydrogens is 292 g/mol. The monoisotopic (exact) mass is 320 g/mol. The minimum absolute atomic E-state index is 0.0571. The zero-order valence-corrected chi connectivity index (χ0v) is 14.5. The fourth-order valence-corrected chi connectivity index (χ4v) is 2.82. The first-order valence-electron chi connectivity index (χ1n) is 8.40. The molecule has 2 N–H and O–H groups in total. The molecule has 0 bridgehead atoms. The lowest BCUT2D eigenvalue weighted by molar-refractivity contribution is -0.124. The largest absolute Gasteiger partial charge is 0.392 e.